The van der Waals surface area contributed by atoms with Crippen LogP contribution in [0.2, 0.25) is 0 Å². The highest BCUT2D eigenvalue weighted by Crippen LogP contribution is 2.40. The second-order valence-electron chi connectivity index (χ2n) is 17.4. The fourth-order valence-electron chi connectivity index (χ4n) is 10.6. The fraction of sp³-hybridized carbons (Fsp3) is 0.0323. The molecule has 0 bridgehead atoms. The Morgan fingerprint density at radius 1 is 0.303 bits per heavy atom. The van der Waals surface area contributed by atoms with Crippen LogP contribution in [0, 0.1) is 13.8 Å². The number of fused-ring (bicyclic) bond motifs is 8. The van der Waals surface area contributed by atoms with Crippen LogP contribution in [-0.4, -0.2) is 19.1 Å². The molecule has 14 aromatic rings. The molecule has 0 spiro atoms. The summed E-state index contributed by atoms with van der Waals surface area (Å²) in [5, 5.41) is 15.8. The van der Waals surface area contributed by atoms with Crippen LogP contribution in [0.3, 0.4) is 0 Å². The predicted molar refractivity (Wildman–Crippen MR) is 279 cm³/mol. The minimum atomic E-state index is 0.998. The highest BCUT2D eigenvalue weighted by molar-refractivity contribution is 6.26. The van der Waals surface area contributed by atoms with E-state index in [2.05, 4.69) is 229 Å². The van der Waals surface area contributed by atoms with Gasteiger partial charge < -0.3 is 0 Å². The highest BCUT2D eigenvalue weighted by Gasteiger charge is 2.15. The Hall–Kier alpha value is -8.60. The molecule has 4 heteroatoms. The number of imidazole rings is 2. The zero-order valence-electron chi connectivity index (χ0n) is 36.6. The lowest BCUT2D eigenvalue weighted by atomic mass is 9.90. The Morgan fingerprint density at radius 3 is 1.30 bits per heavy atom. The van der Waals surface area contributed by atoms with Gasteiger partial charge in [-0.25, -0.2) is 9.97 Å². The molecule has 0 N–H and O–H groups in total. The van der Waals surface area contributed by atoms with Gasteiger partial charge in [-0.2, -0.15) is 0 Å². The van der Waals surface area contributed by atoms with Crippen LogP contribution in [0.15, 0.2) is 218 Å². The normalized spacial score (nSPS) is 11.8. The number of hydrogen-bond acceptors (Lipinski definition) is 2. The molecule has 12 aromatic carbocycles. The Kier molecular flexibility index (Phi) is 8.62. The van der Waals surface area contributed by atoms with Crippen molar-refractivity contribution < 1.29 is 0 Å². The van der Waals surface area contributed by atoms with Crippen molar-refractivity contribution in [3.8, 4) is 33.6 Å². The fourth-order valence-corrected chi connectivity index (χ4v) is 10.6. The third-order valence-electron chi connectivity index (χ3n) is 13.6. The monoisotopic (exact) mass is 842 g/mol. The Morgan fingerprint density at radius 2 is 0.727 bits per heavy atom. The van der Waals surface area contributed by atoms with E-state index in [1.807, 2.05) is 12.1 Å². The Labute approximate surface area is 381 Å². The van der Waals surface area contributed by atoms with Crippen LogP contribution in [0.5, 0.6) is 0 Å². The molecule has 0 unspecified atom stereocenters. The molecule has 66 heavy (non-hydrogen) atoms. The average Bonchev–Trinajstić information content (AvgIpc) is 3.90. The number of aromatic nitrogens is 4. The molecule has 14 rings (SSSR count). The summed E-state index contributed by atoms with van der Waals surface area (Å²) in [6.07, 6.45) is 0. The van der Waals surface area contributed by atoms with E-state index in [9.17, 15) is 0 Å². The molecule has 0 aliphatic carbocycles. The summed E-state index contributed by atoms with van der Waals surface area (Å²) in [6.45, 7) is 4.13. The summed E-state index contributed by atoms with van der Waals surface area (Å²) in [6, 6.07) is 78.7. The molecule has 2 heterocycles. The average molecular weight is 843 g/mol. The highest BCUT2D eigenvalue weighted by atomic mass is 15.1. The van der Waals surface area contributed by atoms with Crippen LogP contribution in [-0.2, 0) is 0 Å². The van der Waals surface area contributed by atoms with Crippen LogP contribution in [0.1, 0.15) is 11.6 Å². The van der Waals surface area contributed by atoms with E-state index >= 15 is 0 Å². The largest absolute Gasteiger partial charge is 0.297 e. The van der Waals surface area contributed by atoms with Crippen LogP contribution in [0.4, 0.5) is 0 Å². The van der Waals surface area contributed by atoms with Gasteiger partial charge in [0.25, 0.3) is 0 Å². The molecule has 310 valence electrons. The molecule has 0 aliphatic rings. The third kappa shape index (κ3) is 5.99. The minimum absolute atomic E-state index is 0.998. The second-order valence-corrected chi connectivity index (χ2v) is 17.4. The van der Waals surface area contributed by atoms with Gasteiger partial charge in [0.05, 0.1) is 22.1 Å². The molecular formula is C62H42N4. The van der Waals surface area contributed by atoms with Crippen molar-refractivity contribution in [3.63, 3.8) is 0 Å². The Balaban J connectivity index is 0.000000132. The van der Waals surface area contributed by atoms with E-state index in [4.69, 9.17) is 9.97 Å². The molecule has 2 aromatic heterocycles. The number of aryl methyl sites for hydroxylation is 2. The SMILES string of the molecule is Cc1nc2ccccc2n1-c1ccc(-c2ccc3c4ccccc4c4ccccc4c3c2)cc1.Cc1nc2ccccc2n1-c1ccc(-c2ccc3ccc4cccc5ccc2c3c45)cc1. The van der Waals surface area contributed by atoms with Crippen molar-refractivity contribution in [3.05, 3.63) is 230 Å². The third-order valence-corrected chi connectivity index (χ3v) is 13.6. The van der Waals surface area contributed by atoms with Gasteiger partial charge in [-0.05, 0) is 155 Å². The standard InChI is InChI=1S/C32H22N2.C30H20N2/c1-21-33-31-12-6-7-13-32(31)34(21)24-17-14-22(15-18-24)23-16-19-29-27-10-3-2-8-25(27)26-9-4-5-11-28(26)30(29)20-23;1-19-31-27-7-2-3-8-28(27)32(19)24-15-11-20(12-16-24)25-17-13-23-10-9-21-5-4-6-22-14-18-26(25)30(23)29(21)22/h2-20H,1H3;2-18H,1H3. The minimum Gasteiger partial charge on any atom is -0.297 e. The van der Waals surface area contributed by atoms with E-state index in [1.54, 1.807) is 0 Å². The van der Waals surface area contributed by atoms with Crippen molar-refractivity contribution in [2.45, 2.75) is 13.8 Å². The summed E-state index contributed by atoms with van der Waals surface area (Å²) in [5.74, 6) is 2.00. The molecule has 0 amide bonds. The topological polar surface area (TPSA) is 35.6 Å². The van der Waals surface area contributed by atoms with Crippen molar-refractivity contribution in [1.82, 2.24) is 19.1 Å². The van der Waals surface area contributed by atoms with Crippen molar-refractivity contribution in [2.24, 2.45) is 0 Å². The molecule has 0 radical (unpaired) electrons. The lowest BCUT2D eigenvalue weighted by Crippen LogP contribution is -1.96. The van der Waals surface area contributed by atoms with Crippen LogP contribution < -0.4 is 0 Å². The number of benzene rings is 12. The molecule has 0 aliphatic heterocycles. The first-order valence-corrected chi connectivity index (χ1v) is 22.7. The summed E-state index contributed by atoms with van der Waals surface area (Å²) in [4.78, 5) is 9.44. The van der Waals surface area contributed by atoms with Gasteiger partial charge in [-0.15, -0.1) is 0 Å². The molecule has 0 fully saturated rings. The van der Waals surface area contributed by atoms with Crippen molar-refractivity contribution >= 4 is 86.7 Å². The van der Waals surface area contributed by atoms with E-state index < -0.39 is 0 Å². The molecular weight excluding hydrogens is 801 g/mol. The lowest BCUT2D eigenvalue weighted by Gasteiger charge is -2.14. The number of nitrogens with zero attached hydrogens (tertiary/aromatic N) is 4. The van der Waals surface area contributed by atoms with E-state index in [0.29, 0.717) is 0 Å². The second kappa shape index (κ2) is 15.0. The van der Waals surface area contributed by atoms with Crippen molar-refractivity contribution in [2.75, 3.05) is 0 Å². The number of para-hydroxylation sites is 4. The van der Waals surface area contributed by atoms with Gasteiger partial charge in [0.15, 0.2) is 0 Å². The first-order valence-electron chi connectivity index (χ1n) is 22.7. The van der Waals surface area contributed by atoms with E-state index in [1.165, 1.54) is 86.9 Å². The van der Waals surface area contributed by atoms with Gasteiger partial charge in [0.2, 0.25) is 0 Å². The summed E-state index contributed by atoms with van der Waals surface area (Å²) < 4.78 is 4.45. The molecule has 0 saturated heterocycles. The first kappa shape index (κ1) is 37.9. The van der Waals surface area contributed by atoms with Gasteiger partial charge in [-0.3, -0.25) is 9.13 Å². The molecule has 0 saturated carbocycles. The maximum Gasteiger partial charge on any atom is 0.111 e. The van der Waals surface area contributed by atoms with E-state index in [0.717, 1.165) is 45.1 Å². The van der Waals surface area contributed by atoms with Crippen LogP contribution in [0.25, 0.3) is 120 Å². The van der Waals surface area contributed by atoms with Gasteiger partial charge in [-0.1, -0.05) is 164 Å². The maximum atomic E-state index is 4.72. The summed E-state index contributed by atoms with van der Waals surface area (Å²) in [5.41, 5.74) is 11.5. The zero-order valence-corrected chi connectivity index (χ0v) is 36.6. The Bertz CT molecular complexity index is 4120. The maximum absolute atomic E-state index is 4.72. The van der Waals surface area contributed by atoms with E-state index in [-0.39, 0.29) is 0 Å². The zero-order chi connectivity index (χ0) is 43.9. The van der Waals surface area contributed by atoms with Crippen molar-refractivity contribution in [1.29, 1.82) is 0 Å². The summed E-state index contributed by atoms with van der Waals surface area (Å²) >= 11 is 0. The first-order chi connectivity index (χ1) is 32.6. The molecule has 0 atom stereocenters. The number of rotatable bonds is 4. The van der Waals surface area contributed by atoms with Gasteiger partial charge >= 0.3 is 0 Å². The van der Waals surface area contributed by atoms with Gasteiger partial charge in [0, 0.05) is 11.4 Å². The predicted octanol–water partition coefficient (Wildman–Crippen LogP) is 16.4. The lowest BCUT2D eigenvalue weighted by molar-refractivity contribution is 1.00. The van der Waals surface area contributed by atoms with Gasteiger partial charge in [0.1, 0.15) is 11.6 Å². The smallest absolute Gasteiger partial charge is 0.111 e. The quantitative estimate of drug-likeness (QED) is 0.166. The van der Waals surface area contributed by atoms with Crippen LogP contribution >= 0.6 is 0 Å². The number of hydrogen-bond donors (Lipinski definition) is 0. The summed E-state index contributed by atoms with van der Waals surface area (Å²) in [7, 11) is 0. The molecule has 4 nitrogen and oxygen atoms in total.